The molecule has 1 aliphatic heterocycles. The Balaban J connectivity index is 2.09. The van der Waals surface area contributed by atoms with Crippen molar-refractivity contribution in [3.8, 4) is 0 Å². The molecule has 1 unspecified atom stereocenters. The molecule has 0 bridgehead atoms. The Morgan fingerprint density at radius 3 is 3.00 bits per heavy atom. The number of nitrogens with two attached hydrogens (primary N) is 1. The summed E-state index contributed by atoms with van der Waals surface area (Å²) in [7, 11) is 1.50. The number of likely N-dealkylation sites (tertiary alicyclic amines) is 1. The van der Waals surface area contributed by atoms with Crippen LogP contribution >= 0.6 is 0 Å². The summed E-state index contributed by atoms with van der Waals surface area (Å²) in [5.41, 5.74) is 3.17. The number of hydrogen-bond donors (Lipinski definition) is 3. The minimum Gasteiger partial charge on any atom is -0.374 e. The summed E-state index contributed by atoms with van der Waals surface area (Å²) >= 11 is 0. The number of carbonyl (C=O) groups excluding carboxylic acids is 2. The third kappa shape index (κ3) is 2.40. The average Bonchev–Trinajstić information content (AvgIpc) is 2.40. The minimum atomic E-state index is -0.388. The van der Waals surface area contributed by atoms with E-state index in [1.54, 1.807) is 18.3 Å². The van der Waals surface area contributed by atoms with Crippen molar-refractivity contribution in [1.29, 1.82) is 0 Å². The molecule has 1 atom stereocenters. The van der Waals surface area contributed by atoms with Gasteiger partial charge in [0.15, 0.2) is 0 Å². The van der Waals surface area contributed by atoms with Crippen LogP contribution in [0.25, 0.3) is 0 Å². The Kier molecular flexibility index (Phi) is 3.42. The molecule has 2 amide bonds. The molecule has 0 aromatic carbocycles. The summed E-state index contributed by atoms with van der Waals surface area (Å²) in [5, 5.41) is 3.08. The Morgan fingerprint density at radius 1 is 1.50 bits per heavy atom. The van der Waals surface area contributed by atoms with Crippen LogP contribution in [-0.2, 0) is 9.59 Å². The van der Waals surface area contributed by atoms with Crippen molar-refractivity contribution in [3.05, 3.63) is 18.3 Å². The number of carbonyl (C=O) groups is 2. The molecule has 1 saturated heterocycles. The summed E-state index contributed by atoms with van der Waals surface area (Å²) in [6, 6.07) is 3.05. The number of rotatable bonds is 3. The minimum absolute atomic E-state index is 0.142. The lowest BCUT2D eigenvalue weighted by Gasteiger charge is -2.28. The molecule has 1 aromatic rings. The van der Waals surface area contributed by atoms with E-state index in [1.165, 1.54) is 7.05 Å². The lowest BCUT2D eigenvalue weighted by Crippen LogP contribution is -2.48. The van der Waals surface area contributed by atoms with Crippen molar-refractivity contribution in [2.75, 3.05) is 17.8 Å². The summed E-state index contributed by atoms with van der Waals surface area (Å²) < 4.78 is 0. The topological polar surface area (TPSA) is 100 Å². The van der Waals surface area contributed by atoms with Crippen LogP contribution in [0.15, 0.2) is 18.3 Å². The van der Waals surface area contributed by atoms with E-state index in [-0.39, 0.29) is 17.9 Å². The first-order valence-electron chi connectivity index (χ1n) is 5.61. The van der Waals surface area contributed by atoms with Gasteiger partial charge in [-0.3, -0.25) is 14.5 Å². The Morgan fingerprint density at radius 2 is 2.28 bits per heavy atom. The van der Waals surface area contributed by atoms with E-state index in [9.17, 15) is 9.59 Å². The molecule has 18 heavy (non-hydrogen) atoms. The second-order valence-electron chi connectivity index (χ2n) is 4.10. The van der Waals surface area contributed by atoms with Gasteiger partial charge in [-0.05, 0) is 12.5 Å². The molecule has 1 aliphatic rings. The largest absolute Gasteiger partial charge is 0.374 e. The maximum Gasteiger partial charge on any atom is 0.251 e. The summed E-state index contributed by atoms with van der Waals surface area (Å²) in [6.07, 6.45) is 2.45. The van der Waals surface area contributed by atoms with E-state index < -0.39 is 0 Å². The molecular formula is C11H15N5O2. The summed E-state index contributed by atoms with van der Waals surface area (Å²) in [6.45, 7) is 0. The fraction of sp³-hybridized carbons (Fsp3) is 0.364. The third-order valence-electron chi connectivity index (χ3n) is 2.90. The van der Waals surface area contributed by atoms with Gasteiger partial charge in [0.2, 0.25) is 5.91 Å². The number of nitrogens with zero attached hydrogens (tertiary/aromatic N) is 2. The van der Waals surface area contributed by atoms with Crippen molar-refractivity contribution in [3.63, 3.8) is 0 Å². The van der Waals surface area contributed by atoms with Crippen molar-refractivity contribution < 1.29 is 9.59 Å². The van der Waals surface area contributed by atoms with Gasteiger partial charge in [0.05, 0.1) is 0 Å². The first-order chi connectivity index (χ1) is 8.61. The molecule has 96 valence electrons. The van der Waals surface area contributed by atoms with E-state index in [0.29, 0.717) is 18.7 Å². The number of pyridine rings is 1. The van der Waals surface area contributed by atoms with Crippen LogP contribution in [0.4, 0.5) is 11.5 Å². The first-order valence-corrected chi connectivity index (χ1v) is 5.61. The number of imide groups is 1. The van der Waals surface area contributed by atoms with Gasteiger partial charge >= 0.3 is 0 Å². The number of nitrogen functional groups attached to an aromatic ring is 1. The smallest absolute Gasteiger partial charge is 0.251 e. The van der Waals surface area contributed by atoms with Crippen LogP contribution in [0.5, 0.6) is 0 Å². The lowest BCUT2D eigenvalue weighted by atomic mass is 10.0. The van der Waals surface area contributed by atoms with E-state index >= 15 is 0 Å². The van der Waals surface area contributed by atoms with Crippen molar-refractivity contribution in [2.24, 2.45) is 5.84 Å². The lowest BCUT2D eigenvalue weighted by molar-refractivity contribution is -0.146. The molecule has 2 rings (SSSR count). The molecule has 1 fully saturated rings. The van der Waals surface area contributed by atoms with Crippen molar-refractivity contribution in [1.82, 2.24) is 9.88 Å². The van der Waals surface area contributed by atoms with Crippen molar-refractivity contribution >= 4 is 23.3 Å². The van der Waals surface area contributed by atoms with E-state index in [1.807, 2.05) is 0 Å². The highest BCUT2D eigenvalue weighted by Gasteiger charge is 2.31. The van der Waals surface area contributed by atoms with Gasteiger partial charge in [0.25, 0.3) is 5.91 Å². The van der Waals surface area contributed by atoms with E-state index in [0.717, 1.165) is 10.6 Å². The monoisotopic (exact) mass is 249 g/mol. The van der Waals surface area contributed by atoms with Crippen LogP contribution in [-0.4, -0.2) is 34.8 Å². The normalized spacial score (nSPS) is 19.9. The van der Waals surface area contributed by atoms with Crippen LogP contribution in [0, 0.1) is 0 Å². The number of piperidine rings is 1. The second-order valence-corrected chi connectivity index (χ2v) is 4.10. The molecule has 0 spiro atoms. The predicted molar refractivity (Wildman–Crippen MR) is 66.5 cm³/mol. The SMILES string of the molecule is CN1C(=O)CCC(Nc2ccnc(NN)c2)C1=O. The molecule has 1 aromatic heterocycles. The standard InChI is InChI=1S/C11H15N5O2/c1-16-10(17)3-2-8(11(16)18)14-7-4-5-13-9(6-7)15-12/h4-6,8H,2-3,12H2,1H3,(H2,13,14,15). The Hall–Kier alpha value is -2.15. The quantitative estimate of drug-likeness (QED) is 0.394. The first kappa shape index (κ1) is 12.3. The Bertz CT molecular complexity index is 476. The second kappa shape index (κ2) is 5.01. The van der Waals surface area contributed by atoms with Crippen LogP contribution in [0.2, 0.25) is 0 Å². The Labute approximate surface area is 104 Å². The average molecular weight is 249 g/mol. The van der Waals surface area contributed by atoms with Gasteiger partial charge in [-0.25, -0.2) is 10.8 Å². The predicted octanol–water partition coefficient (Wildman–Crippen LogP) is -0.0735. The van der Waals surface area contributed by atoms with E-state index in [2.05, 4.69) is 15.7 Å². The molecule has 0 radical (unpaired) electrons. The number of anilines is 2. The number of amides is 2. The van der Waals surface area contributed by atoms with Gasteiger partial charge in [-0.1, -0.05) is 0 Å². The molecule has 7 nitrogen and oxygen atoms in total. The summed E-state index contributed by atoms with van der Waals surface area (Å²) in [4.78, 5) is 28.4. The number of hydrazine groups is 1. The molecule has 0 aliphatic carbocycles. The fourth-order valence-electron chi connectivity index (χ4n) is 1.85. The third-order valence-corrected chi connectivity index (χ3v) is 2.90. The molecule has 4 N–H and O–H groups in total. The number of nitrogens with one attached hydrogen (secondary N) is 2. The van der Waals surface area contributed by atoms with E-state index in [4.69, 9.17) is 5.84 Å². The maximum atomic E-state index is 11.9. The number of hydrogen-bond acceptors (Lipinski definition) is 6. The number of likely N-dealkylation sites (N-methyl/N-ethyl adjacent to an activating group) is 1. The van der Waals surface area contributed by atoms with Gasteiger partial charge < -0.3 is 10.7 Å². The highest BCUT2D eigenvalue weighted by Crippen LogP contribution is 2.18. The van der Waals surface area contributed by atoms with Crippen LogP contribution in [0.1, 0.15) is 12.8 Å². The highest BCUT2D eigenvalue weighted by molar-refractivity contribution is 6.01. The maximum absolute atomic E-state index is 11.9. The highest BCUT2D eigenvalue weighted by atomic mass is 16.2. The molecular weight excluding hydrogens is 234 g/mol. The zero-order valence-corrected chi connectivity index (χ0v) is 10.0. The van der Waals surface area contributed by atoms with Gasteiger partial charge in [0.1, 0.15) is 11.9 Å². The molecule has 2 heterocycles. The molecule has 0 saturated carbocycles. The van der Waals surface area contributed by atoms with Gasteiger partial charge in [-0.15, -0.1) is 0 Å². The van der Waals surface area contributed by atoms with Crippen LogP contribution in [0.3, 0.4) is 0 Å². The zero-order valence-electron chi connectivity index (χ0n) is 10.0. The van der Waals surface area contributed by atoms with Crippen LogP contribution < -0.4 is 16.6 Å². The number of aromatic nitrogens is 1. The molecule has 7 heteroatoms. The van der Waals surface area contributed by atoms with Gasteiger partial charge in [0, 0.05) is 31.4 Å². The fourth-order valence-corrected chi connectivity index (χ4v) is 1.85. The van der Waals surface area contributed by atoms with Crippen molar-refractivity contribution in [2.45, 2.75) is 18.9 Å². The van der Waals surface area contributed by atoms with Gasteiger partial charge in [-0.2, -0.15) is 0 Å². The zero-order chi connectivity index (χ0) is 13.1. The summed E-state index contributed by atoms with van der Waals surface area (Å²) in [5.74, 6) is 5.41.